The number of carbonyl (C=O) groups excluding carboxylic acids is 1. The number of benzene rings is 2. The van der Waals surface area contributed by atoms with Gasteiger partial charge >= 0.3 is 5.97 Å². The number of anilines is 1. The fourth-order valence-electron chi connectivity index (χ4n) is 2.78. The Kier molecular flexibility index (Phi) is 7.07. The van der Waals surface area contributed by atoms with E-state index < -0.39 is 5.97 Å². The van der Waals surface area contributed by atoms with Crippen LogP contribution in [0.5, 0.6) is 0 Å². The van der Waals surface area contributed by atoms with Gasteiger partial charge in [0.2, 0.25) is 5.91 Å². The van der Waals surface area contributed by atoms with Gasteiger partial charge in [-0.15, -0.1) is 0 Å². The molecule has 0 saturated carbocycles. The van der Waals surface area contributed by atoms with Gasteiger partial charge < -0.3 is 10.0 Å². The van der Waals surface area contributed by atoms with E-state index in [1.165, 1.54) is 4.90 Å². The van der Waals surface area contributed by atoms with Gasteiger partial charge in [0.05, 0.1) is 5.92 Å². The van der Waals surface area contributed by atoms with Crippen LogP contribution in [-0.4, -0.2) is 28.8 Å². The second-order valence-electron chi connectivity index (χ2n) is 6.03. The zero-order valence-corrected chi connectivity index (χ0v) is 15.1. The van der Waals surface area contributed by atoms with E-state index in [2.05, 4.69) is 12.6 Å². The molecule has 2 atom stereocenters. The Morgan fingerprint density at radius 2 is 1.60 bits per heavy atom. The maximum absolute atomic E-state index is 13.1. The number of aryl methyl sites for hydroxylation is 1. The molecule has 25 heavy (non-hydrogen) atoms. The average Bonchev–Trinajstić information content (AvgIpc) is 2.61. The quantitative estimate of drug-likeness (QED) is 0.709. The van der Waals surface area contributed by atoms with Crippen molar-refractivity contribution >= 4 is 30.2 Å². The van der Waals surface area contributed by atoms with E-state index in [4.69, 9.17) is 0 Å². The van der Waals surface area contributed by atoms with Gasteiger partial charge in [0, 0.05) is 10.9 Å². The van der Waals surface area contributed by atoms with E-state index in [-0.39, 0.29) is 23.6 Å². The van der Waals surface area contributed by atoms with Crippen LogP contribution in [0.1, 0.15) is 18.9 Å². The molecule has 2 unspecified atom stereocenters. The fourth-order valence-corrected chi connectivity index (χ4v) is 3.05. The minimum Gasteiger partial charge on any atom is -0.480 e. The predicted molar refractivity (Wildman–Crippen MR) is 103 cm³/mol. The number of rotatable bonds is 8. The first-order valence-electron chi connectivity index (χ1n) is 8.29. The van der Waals surface area contributed by atoms with Crippen LogP contribution in [0.25, 0.3) is 0 Å². The number of thiol groups is 1. The number of carboxylic acids is 1. The molecule has 132 valence electrons. The fraction of sp³-hybridized carbons (Fsp3) is 0.300. The van der Waals surface area contributed by atoms with Gasteiger partial charge in [-0.25, -0.2) is 0 Å². The standard InChI is InChI=1S/C20H23NO3S/c1-15(25)18(13-12-16-8-4-2-5-9-16)20(24)21(14-19(22)23)17-10-6-3-7-11-17/h2-11,15,18,25H,12-14H2,1H3,(H,22,23). The predicted octanol–water partition coefficient (Wildman–Crippen LogP) is 3.67. The largest absolute Gasteiger partial charge is 0.480 e. The monoisotopic (exact) mass is 357 g/mol. The van der Waals surface area contributed by atoms with Gasteiger partial charge in [0.15, 0.2) is 0 Å². The smallest absolute Gasteiger partial charge is 0.323 e. The minimum atomic E-state index is -1.04. The maximum Gasteiger partial charge on any atom is 0.323 e. The summed E-state index contributed by atoms with van der Waals surface area (Å²) >= 11 is 4.48. The topological polar surface area (TPSA) is 57.6 Å². The lowest BCUT2D eigenvalue weighted by Crippen LogP contribution is -2.42. The average molecular weight is 357 g/mol. The highest BCUT2D eigenvalue weighted by atomic mass is 32.1. The van der Waals surface area contributed by atoms with Gasteiger partial charge in [0.25, 0.3) is 0 Å². The molecule has 0 bridgehead atoms. The van der Waals surface area contributed by atoms with Crippen molar-refractivity contribution in [1.29, 1.82) is 0 Å². The third-order valence-corrected chi connectivity index (χ3v) is 4.47. The first kappa shape index (κ1) is 19.1. The molecule has 1 amide bonds. The molecule has 0 heterocycles. The molecule has 0 fully saturated rings. The van der Waals surface area contributed by atoms with Crippen LogP contribution in [0.3, 0.4) is 0 Å². The number of carboxylic acid groups (broad SMARTS) is 1. The molecule has 0 aliphatic carbocycles. The van der Waals surface area contributed by atoms with Crippen LogP contribution in [0.2, 0.25) is 0 Å². The number of amides is 1. The van der Waals surface area contributed by atoms with Crippen LogP contribution < -0.4 is 4.90 Å². The molecule has 2 aromatic carbocycles. The highest BCUT2D eigenvalue weighted by Gasteiger charge is 2.29. The van der Waals surface area contributed by atoms with Crippen molar-refractivity contribution < 1.29 is 14.7 Å². The zero-order valence-electron chi connectivity index (χ0n) is 14.2. The number of para-hydroxylation sites is 1. The Morgan fingerprint density at radius 1 is 1.04 bits per heavy atom. The van der Waals surface area contributed by atoms with Crippen LogP contribution in [0.15, 0.2) is 60.7 Å². The van der Waals surface area contributed by atoms with Gasteiger partial charge in [-0.05, 0) is 30.5 Å². The zero-order chi connectivity index (χ0) is 18.2. The van der Waals surface area contributed by atoms with Gasteiger partial charge in [-0.2, -0.15) is 12.6 Å². The highest BCUT2D eigenvalue weighted by Crippen LogP contribution is 2.24. The number of hydrogen-bond acceptors (Lipinski definition) is 3. The van der Waals surface area contributed by atoms with Crippen LogP contribution in [0, 0.1) is 5.92 Å². The summed E-state index contributed by atoms with van der Waals surface area (Å²) in [4.78, 5) is 25.6. The van der Waals surface area contributed by atoms with E-state index >= 15 is 0 Å². The minimum absolute atomic E-state index is 0.170. The highest BCUT2D eigenvalue weighted by molar-refractivity contribution is 7.81. The van der Waals surface area contributed by atoms with E-state index in [1.807, 2.05) is 43.3 Å². The SMILES string of the molecule is CC(S)C(CCc1ccccc1)C(=O)N(CC(=O)O)c1ccccc1. The van der Waals surface area contributed by atoms with Gasteiger partial charge in [-0.1, -0.05) is 55.5 Å². The molecule has 0 spiro atoms. The molecule has 0 aliphatic heterocycles. The third kappa shape index (κ3) is 5.64. The lowest BCUT2D eigenvalue weighted by molar-refractivity contribution is -0.137. The Bertz CT molecular complexity index is 689. The molecule has 0 aliphatic rings. The second-order valence-corrected chi connectivity index (χ2v) is 6.84. The molecule has 0 saturated heterocycles. The summed E-state index contributed by atoms with van der Waals surface area (Å²) in [6, 6.07) is 18.9. The molecule has 1 N–H and O–H groups in total. The van der Waals surface area contributed by atoms with Gasteiger partial charge in [0.1, 0.15) is 6.54 Å². The van der Waals surface area contributed by atoms with E-state index in [0.717, 1.165) is 12.0 Å². The Hall–Kier alpha value is -2.27. The summed E-state index contributed by atoms with van der Waals surface area (Å²) in [5, 5.41) is 9.04. The summed E-state index contributed by atoms with van der Waals surface area (Å²) in [6.07, 6.45) is 1.37. The summed E-state index contributed by atoms with van der Waals surface area (Å²) in [5.74, 6) is -1.60. The Balaban J connectivity index is 2.18. The van der Waals surface area contributed by atoms with Gasteiger partial charge in [-0.3, -0.25) is 9.59 Å². The lowest BCUT2D eigenvalue weighted by Gasteiger charge is -2.28. The van der Waals surface area contributed by atoms with Crippen molar-refractivity contribution in [3.63, 3.8) is 0 Å². The van der Waals surface area contributed by atoms with Crippen LogP contribution in [0.4, 0.5) is 5.69 Å². The van der Waals surface area contributed by atoms with Crippen molar-refractivity contribution in [2.45, 2.75) is 25.0 Å². The summed E-state index contributed by atoms with van der Waals surface area (Å²) in [7, 11) is 0. The molecule has 2 rings (SSSR count). The molecule has 4 nitrogen and oxygen atoms in total. The normalized spacial score (nSPS) is 13.0. The molecule has 0 radical (unpaired) electrons. The number of hydrogen-bond donors (Lipinski definition) is 2. The summed E-state index contributed by atoms with van der Waals surface area (Å²) < 4.78 is 0. The van der Waals surface area contributed by atoms with Crippen molar-refractivity contribution in [3.05, 3.63) is 66.2 Å². The molecular weight excluding hydrogens is 334 g/mol. The third-order valence-electron chi connectivity index (χ3n) is 4.11. The van der Waals surface area contributed by atoms with Crippen LogP contribution >= 0.6 is 12.6 Å². The maximum atomic E-state index is 13.1. The molecular formula is C20H23NO3S. The van der Waals surface area contributed by atoms with Crippen molar-refractivity contribution in [3.8, 4) is 0 Å². The number of nitrogens with zero attached hydrogens (tertiary/aromatic N) is 1. The molecule has 5 heteroatoms. The van der Waals surface area contributed by atoms with E-state index in [9.17, 15) is 14.7 Å². The summed E-state index contributed by atoms with van der Waals surface area (Å²) in [6.45, 7) is 1.52. The first-order chi connectivity index (χ1) is 12.0. The lowest BCUT2D eigenvalue weighted by atomic mass is 9.95. The number of carbonyl (C=O) groups is 2. The van der Waals surface area contributed by atoms with Crippen molar-refractivity contribution in [2.24, 2.45) is 5.92 Å². The van der Waals surface area contributed by atoms with Crippen molar-refractivity contribution in [1.82, 2.24) is 0 Å². The van der Waals surface area contributed by atoms with Crippen LogP contribution in [-0.2, 0) is 16.0 Å². The van der Waals surface area contributed by atoms with E-state index in [0.29, 0.717) is 12.1 Å². The molecule has 2 aromatic rings. The van der Waals surface area contributed by atoms with E-state index in [1.54, 1.807) is 24.3 Å². The Labute approximate surface area is 153 Å². The first-order valence-corrected chi connectivity index (χ1v) is 8.81. The molecule has 0 aromatic heterocycles. The number of aliphatic carboxylic acids is 1. The summed E-state index contributed by atoms with van der Waals surface area (Å²) in [5.41, 5.74) is 1.74. The Morgan fingerprint density at radius 3 is 2.12 bits per heavy atom. The van der Waals surface area contributed by atoms with Crippen molar-refractivity contribution in [2.75, 3.05) is 11.4 Å². The second kappa shape index (κ2) is 9.28.